The topological polar surface area (TPSA) is 88.9 Å². The van der Waals surface area contributed by atoms with Gasteiger partial charge in [-0.15, -0.1) is 22.7 Å². The molecular formula is C18H10ClN3O3S2. The van der Waals surface area contributed by atoms with Crippen molar-refractivity contribution >= 4 is 61.3 Å². The molecule has 0 amide bonds. The Balaban J connectivity index is 1.77. The average molecular weight is 416 g/mol. The molecule has 0 radical (unpaired) electrons. The molecule has 0 unspecified atom stereocenters. The number of fused-ring (bicyclic) bond motifs is 1. The van der Waals surface area contributed by atoms with Gasteiger partial charge in [-0.05, 0) is 23.1 Å². The van der Waals surface area contributed by atoms with Crippen LogP contribution in [0.3, 0.4) is 0 Å². The zero-order valence-corrected chi connectivity index (χ0v) is 15.9. The van der Waals surface area contributed by atoms with E-state index in [2.05, 4.69) is 9.97 Å². The van der Waals surface area contributed by atoms with E-state index >= 15 is 0 Å². The van der Waals surface area contributed by atoms with Crippen molar-refractivity contribution in [3.05, 3.63) is 79.0 Å². The number of aromatic amines is 1. The molecule has 1 N–H and O–H groups in total. The second-order valence-corrected chi connectivity index (χ2v) is 7.78. The van der Waals surface area contributed by atoms with Gasteiger partial charge in [0.15, 0.2) is 5.82 Å². The lowest BCUT2D eigenvalue weighted by atomic mass is 10.2. The summed E-state index contributed by atoms with van der Waals surface area (Å²) in [5.41, 5.74) is 1.08. The van der Waals surface area contributed by atoms with E-state index in [1.54, 1.807) is 23.5 Å². The number of H-pyrrole nitrogens is 1. The van der Waals surface area contributed by atoms with Crippen LogP contribution >= 0.6 is 34.3 Å². The molecule has 6 nitrogen and oxygen atoms in total. The van der Waals surface area contributed by atoms with Crippen molar-refractivity contribution in [1.82, 2.24) is 9.97 Å². The molecule has 0 saturated heterocycles. The summed E-state index contributed by atoms with van der Waals surface area (Å²) in [6.45, 7) is 0. The second-order valence-electron chi connectivity index (χ2n) is 5.57. The molecule has 134 valence electrons. The lowest BCUT2D eigenvalue weighted by Crippen LogP contribution is -2.10. The minimum Gasteiger partial charge on any atom is -0.305 e. The minimum absolute atomic E-state index is 0.0380. The van der Waals surface area contributed by atoms with Crippen molar-refractivity contribution in [1.29, 1.82) is 0 Å². The van der Waals surface area contributed by atoms with Crippen molar-refractivity contribution < 1.29 is 4.92 Å². The van der Waals surface area contributed by atoms with Gasteiger partial charge in [0.1, 0.15) is 4.83 Å². The highest BCUT2D eigenvalue weighted by molar-refractivity contribution is 7.18. The molecule has 0 spiro atoms. The highest BCUT2D eigenvalue weighted by Crippen LogP contribution is 2.34. The minimum atomic E-state index is -0.477. The smallest absolute Gasteiger partial charge is 0.270 e. The largest absolute Gasteiger partial charge is 0.305 e. The second kappa shape index (κ2) is 7.07. The monoisotopic (exact) mass is 415 g/mol. The van der Waals surface area contributed by atoms with Crippen LogP contribution in [0, 0.1) is 10.1 Å². The first-order valence-corrected chi connectivity index (χ1v) is 9.84. The van der Waals surface area contributed by atoms with Gasteiger partial charge in [-0.1, -0.05) is 29.8 Å². The zero-order valence-electron chi connectivity index (χ0n) is 13.5. The summed E-state index contributed by atoms with van der Waals surface area (Å²) >= 11 is 9.24. The Kier molecular flexibility index (Phi) is 4.61. The molecule has 3 aromatic heterocycles. The van der Waals surface area contributed by atoms with Crippen LogP contribution in [-0.4, -0.2) is 14.9 Å². The number of nitro benzene ring substituents is 1. The summed E-state index contributed by atoms with van der Waals surface area (Å²) in [6.07, 6.45) is 1.53. The summed E-state index contributed by atoms with van der Waals surface area (Å²) in [7, 11) is 0. The van der Waals surface area contributed by atoms with Crippen LogP contribution in [0.15, 0.2) is 52.0 Å². The highest BCUT2D eigenvalue weighted by atomic mass is 35.5. The standard InChI is InChI=1S/C18H10ClN3O3S2/c19-13(8-10-3-1-4-11(7-10)22(24)25)16-20-17(23)15-12(9-27-18(15)21-16)14-5-2-6-26-14/h1-9H,(H,20,21,23)/b13-8-. The molecule has 0 aliphatic rings. The molecule has 0 aliphatic heterocycles. The van der Waals surface area contributed by atoms with E-state index in [1.807, 2.05) is 22.9 Å². The maximum absolute atomic E-state index is 12.6. The third kappa shape index (κ3) is 3.42. The molecule has 4 rings (SSSR count). The Morgan fingerprint density at radius 3 is 2.85 bits per heavy atom. The molecule has 0 aliphatic carbocycles. The Hall–Kier alpha value is -2.81. The number of thiophene rings is 2. The maximum Gasteiger partial charge on any atom is 0.270 e. The summed E-state index contributed by atoms with van der Waals surface area (Å²) in [5.74, 6) is 0.222. The van der Waals surface area contributed by atoms with Crippen molar-refractivity contribution in [2.24, 2.45) is 0 Å². The van der Waals surface area contributed by atoms with Gasteiger partial charge in [0.25, 0.3) is 11.2 Å². The Morgan fingerprint density at radius 2 is 2.11 bits per heavy atom. The number of nitro groups is 1. The molecule has 0 bridgehead atoms. The van der Waals surface area contributed by atoms with Gasteiger partial charge in [0.05, 0.1) is 15.3 Å². The van der Waals surface area contributed by atoms with Crippen LogP contribution in [0.1, 0.15) is 11.4 Å². The average Bonchev–Trinajstić information content (AvgIpc) is 3.31. The maximum atomic E-state index is 12.6. The molecule has 0 atom stereocenters. The summed E-state index contributed by atoms with van der Waals surface area (Å²) in [4.78, 5) is 31.8. The Labute approximate surface area is 165 Å². The third-order valence-corrected chi connectivity index (χ3v) is 5.89. The summed E-state index contributed by atoms with van der Waals surface area (Å²) in [5, 5.41) is 15.5. The van der Waals surface area contributed by atoms with E-state index in [0.29, 0.717) is 15.8 Å². The molecule has 3 heterocycles. The number of benzene rings is 1. The number of hydrogen-bond acceptors (Lipinski definition) is 6. The number of nitrogens with zero attached hydrogens (tertiary/aromatic N) is 2. The van der Waals surface area contributed by atoms with E-state index in [1.165, 1.54) is 29.5 Å². The quantitative estimate of drug-likeness (QED) is 0.359. The van der Waals surface area contributed by atoms with E-state index in [9.17, 15) is 14.9 Å². The van der Waals surface area contributed by atoms with Gasteiger partial charge in [-0.25, -0.2) is 4.98 Å². The lowest BCUT2D eigenvalue weighted by molar-refractivity contribution is -0.384. The lowest BCUT2D eigenvalue weighted by Gasteiger charge is -2.01. The SMILES string of the molecule is O=c1[nH]c(/C(Cl)=C/c2cccc([N+](=O)[O-])c2)nc2scc(-c3cccs3)c12. The number of halogens is 1. The van der Waals surface area contributed by atoms with Crippen LogP contribution in [-0.2, 0) is 0 Å². The van der Waals surface area contributed by atoms with Gasteiger partial charge >= 0.3 is 0 Å². The molecule has 9 heteroatoms. The van der Waals surface area contributed by atoms with Crippen LogP contribution in [0.5, 0.6) is 0 Å². The molecule has 0 fully saturated rings. The number of rotatable bonds is 4. The van der Waals surface area contributed by atoms with Crippen molar-refractivity contribution in [2.75, 3.05) is 0 Å². The molecule has 4 aromatic rings. The number of aromatic nitrogens is 2. The van der Waals surface area contributed by atoms with E-state index < -0.39 is 4.92 Å². The number of hydrogen-bond donors (Lipinski definition) is 1. The van der Waals surface area contributed by atoms with E-state index in [-0.39, 0.29) is 22.1 Å². The normalized spacial score (nSPS) is 11.8. The fraction of sp³-hybridized carbons (Fsp3) is 0. The first kappa shape index (κ1) is 17.6. The molecule has 1 aromatic carbocycles. The van der Waals surface area contributed by atoms with Gasteiger partial charge < -0.3 is 4.98 Å². The molecule has 27 heavy (non-hydrogen) atoms. The first-order valence-electron chi connectivity index (χ1n) is 7.70. The van der Waals surface area contributed by atoms with Gasteiger partial charge in [0, 0.05) is 28.0 Å². The van der Waals surface area contributed by atoms with E-state index in [4.69, 9.17) is 11.6 Å². The van der Waals surface area contributed by atoms with Crippen molar-refractivity contribution in [2.45, 2.75) is 0 Å². The fourth-order valence-corrected chi connectivity index (χ4v) is 4.60. The Morgan fingerprint density at radius 1 is 1.26 bits per heavy atom. The molecule has 0 saturated carbocycles. The van der Waals surface area contributed by atoms with Crippen LogP contribution in [0.4, 0.5) is 5.69 Å². The number of non-ortho nitro benzene ring substituents is 1. The van der Waals surface area contributed by atoms with Crippen LogP contribution < -0.4 is 5.56 Å². The third-order valence-electron chi connectivity index (χ3n) is 3.83. The Bertz CT molecular complexity index is 1240. The predicted molar refractivity (Wildman–Crippen MR) is 110 cm³/mol. The highest BCUT2D eigenvalue weighted by Gasteiger charge is 2.15. The van der Waals surface area contributed by atoms with Crippen LogP contribution in [0.25, 0.3) is 31.8 Å². The zero-order chi connectivity index (χ0) is 19.0. The van der Waals surface area contributed by atoms with Gasteiger partial charge in [-0.3, -0.25) is 14.9 Å². The van der Waals surface area contributed by atoms with Gasteiger partial charge in [0.2, 0.25) is 0 Å². The molecular weight excluding hydrogens is 406 g/mol. The number of nitrogens with one attached hydrogen (secondary N) is 1. The van der Waals surface area contributed by atoms with Gasteiger partial charge in [-0.2, -0.15) is 0 Å². The summed E-state index contributed by atoms with van der Waals surface area (Å²) < 4.78 is 0. The van der Waals surface area contributed by atoms with Crippen LogP contribution in [0.2, 0.25) is 0 Å². The van der Waals surface area contributed by atoms with Crippen molar-refractivity contribution in [3.8, 4) is 10.4 Å². The van der Waals surface area contributed by atoms with E-state index in [0.717, 1.165) is 10.4 Å². The predicted octanol–water partition coefficient (Wildman–Crippen LogP) is 5.36. The first-order chi connectivity index (χ1) is 13.0. The summed E-state index contributed by atoms with van der Waals surface area (Å²) in [6, 6.07) is 9.94. The van der Waals surface area contributed by atoms with Crippen molar-refractivity contribution in [3.63, 3.8) is 0 Å². The fourth-order valence-electron chi connectivity index (χ4n) is 2.62.